The molecule has 0 radical (unpaired) electrons. The van der Waals surface area contributed by atoms with Gasteiger partial charge in [-0.15, -0.1) is 0 Å². The van der Waals surface area contributed by atoms with Crippen molar-refractivity contribution in [2.75, 3.05) is 6.54 Å². The molecule has 0 atom stereocenters. The molecule has 1 heterocycles. The summed E-state index contributed by atoms with van der Waals surface area (Å²) in [6, 6.07) is 20.6. The number of aryl methyl sites for hydroxylation is 1. The van der Waals surface area contributed by atoms with Crippen LogP contribution in [0.4, 0.5) is 4.39 Å². The zero-order valence-electron chi connectivity index (χ0n) is 17.8. The van der Waals surface area contributed by atoms with Gasteiger partial charge < -0.3 is 10.3 Å². The number of benzene rings is 3. The molecule has 4 N–H and O–H groups in total. The highest BCUT2D eigenvalue weighted by Gasteiger charge is 2.15. The first-order valence-electron chi connectivity index (χ1n) is 10.6. The second-order valence-electron chi connectivity index (χ2n) is 7.82. The van der Waals surface area contributed by atoms with Crippen LogP contribution in [0.2, 0.25) is 0 Å². The fourth-order valence-electron chi connectivity index (χ4n) is 3.85. The average Bonchev–Trinajstić information content (AvgIpc) is 3.15. The molecule has 1 amide bonds. The van der Waals surface area contributed by atoms with Gasteiger partial charge in [-0.2, -0.15) is 0 Å². The minimum atomic E-state index is -3.72. The highest BCUT2D eigenvalue weighted by atomic mass is 32.2. The largest absolute Gasteiger partial charge is 0.356 e. The van der Waals surface area contributed by atoms with Crippen LogP contribution in [0, 0.1) is 5.82 Å². The Morgan fingerprint density at radius 2 is 1.70 bits per heavy atom. The summed E-state index contributed by atoms with van der Waals surface area (Å²) in [6.45, 7) is 0.418. The van der Waals surface area contributed by atoms with Gasteiger partial charge in [0.15, 0.2) is 0 Å². The number of fused-ring (bicyclic) bond motifs is 1. The van der Waals surface area contributed by atoms with Crippen LogP contribution in [0.25, 0.3) is 22.2 Å². The molecule has 8 heteroatoms. The fraction of sp³-hybridized carbons (Fsp3) is 0.160. The number of H-pyrrole nitrogens is 1. The lowest BCUT2D eigenvalue weighted by atomic mass is 10.0. The minimum Gasteiger partial charge on any atom is -0.356 e. The van der Waals surface area contributed by atoms with E-state index in [2.05, 4.69) is 10.3 Å². The number of nitrogens with two attached hydrogens (primary N) is 1. The molecule has 0 bridgehead atoms. The van der Waals surface area contributed by atoms with Crippen LogP contribution in [0.5, 0.6) is 0 Å². The van der Waals surface area contributed by atoms with Crippen LogP contribution >= 0.6 is 0 Å². The molecule has 3 aromatic carbocycles. The number of sulfonamides is 1. The van der Waals surface area contributed by atoms with E-state index in [0.29, 0.717) is 19.4 Å². The summed E-state index contributed by atoms with van der Waals surface area (Å²) in [6.07, 6.45) is 1.28. The molecule has 0 aliphatic heterocycles. The highest BCUT2D eigenvalue weighted by molar-refractivity contribution is 7.89. The van der Waals surface area contributed by atoms with Gasteiger partial charge in [0.25, 0.3) is 0 Å². The van der Waals surface area contributed by atoms with E-state index in [1.165, 1.54) is 24.3 Å². The molecule has 0 spiro atoms. The van der Waals surface area contributed by atoms with Crippen molar-refractivity contribution in [3.8, 4) is 11.3 Å². The Hall–Kier alpha value is -3.49. The van der Waals surface area contributed by atoms with Crippen molar-refractivity contribution in [1.29, 1.82) is 0 Å². The topological polar surface area (TPSA) is 105 Å². The van der Waals surface area contributed by atoms with Gasteiger partial charge in [0.1, 0.15) is 5.82 Å². The number of hydrogen-bond donors (Lipinski definition) is 3. The number of hydrogen-bond acceptors (Lipinski definition) is 3. The van der Waals surface area contributed by atoms with Crippen LogP contribution in [-0.4, -0.2) is 25.9 Å². The van der Waals surface area contributed by atoms with Crippen molar-refractivity contribution in [3.63, 3.8) is 0 Å². The zero-order valence-corrected chi connectivity index (χ0v) is 18.7. The van der Waals surface area contributed by atoms with E-state index in [0.717, 1.165) is 33.3 Å². The minimum absolute atomic E-state index is 0.0553. The zero-order chi connectivity index (χ0) is 23.4. The summed E-state index contributed by atoms with van der Waals surface area (Å²) < 4.78 is 36.6. The molecule has 170 valence electrons. The monoisotopic (exact) mass is 465 g/mol. The van der Waals surface area contributed by atoms with Gasteiger partial charge >= 0.3 is 0 Å². The van der Waals surface area contributed by atoms with Gasteiger partial charge in [0.2, 0.25) is 15.9 Å². The molecule has 0 unspecified atom stereocenters. The number of aromatic nitrogens is 1. The molecule has 0 aliphatic carbocycles. The number of rotatable bonds is 8. The summed E-state index contributed by atoms with van der Waals surface area (Å²) in [5, 5.41) is 8.77. The third kappa shape index (κ3) is 5.47. The lowest BCUT2D eigenvalue weighted by molar-refractivity contribution is -0.121. The standard InChI is InChI=1S/C25H24FN3O3S/c26-19-8-12-23-22(16-19)21(25(29-23)18-4-2-1-3-5-18)11-13-24(30)28-15-14-17-6-9-20(10-7-17)33(27,31)32/h1-10,12,16,29H,11,13-15H2,(H,28,30)(H2,27,31,32). The van der Waals surface area contributed by atoms with E-state index in [4.69, 9.17) is 5.14 Å². The van der Waals surface area contributed by atoms with Crippen LogP contribution in [-0.2, 0) is 27.7 Å². The number of amides is 1. The normalized spacial score (nSPS) is 11.6. The Balaban J connectivity index is 1.41. The van der Waals surface area contributed by atoms with Crippen LogP contribution < -0.4 is 10.5 Å². The predicted octanol–water partition coefficient (Wildman–Crippen LogP) is 3.91. The Bertz CT molecular complexity index is 1380. The van der Waals surface area contributed by atoms with Gasteiger partial charge in [0.05, 0.1) is 4.90 Å². The average molecular weight is 466 g/mol. The Labute approximate surface area is 191 Å². The summed E-state index contributed by atoms with van der Waals surface area (Å²) in [7, 11) is -3.72. The predicted molar refractivity (Wildman–Crippen MR) is 127 cm³/mol. The van der Waals surface area contributed by atoms with Gasteiger partial charge in [-0.05, 0) is 59.9 Å². The number of carbonyl (C=O) groups is 1. The maximum Gasteiger partial charge on any atom is 0.238 e. The van der Waals surface area contributed by atoms with Crippen LogP contribution in [0.3, 0.4) is 0 Å². The first-order chi connectivity index (χ1) is 15.8. The highest BCUT2D eigenvalue weighted by Crippen LogP contribution is 2.31. The molecule has 4 rings (SSSR count). The van der Waals surface area contributed by atoms with E-state index in [1.54, 1.807) is 18.2 Å². The quantitative estimate of drug-likeness (QED) is 0.367. The first-order valence-corrected chi connectivity index (χ1v) is 12.1. The van der Waals surface area contributed by atoms with E-state index >= 15 is 0 Å². The number of primary sulfonamides is 1. The van der Waals surface area contributed by atoms with Crippen molar-refractivity contribution in [2.24, 2.45) is 5.14 Å². The van der Waals surface area contributed by atoms with Crippen molar-refractivity contribution in [1.82, 2.24) is 10.3 Å². The van der Waals surface area contributed by atoms with Crippen molar-refractivity contribution in [2.45, 2.75) is 24.2 Å². The van der Waals surface area contributed by atoms with E-state index in [-0.39, 0.29) is 23.0 Å². The number of carbonyl (C=O) groups excluding carboxylic acids is 1. The van der Waals surface area contributed by atoms with E-state index < -0.39 is 10.0 Å². The Morgan fingerprint density at radius 3 is 2.39 bits per heavy atom. The first kappa shape index (κ1) is 22.7. The Kier molecular flexibility index (Phi) is 6.57. The molecule has 0 saturated carbocycles. The van der Waals surface area contributed by atoms with Crippen molar-refractivity contribution >= 4 is 26.8 Å². The second-order valence-corrected chi connectivity index (χ2v) is 9.38. The summed E-state index contributed by atoms with van der Waals surface area (Å²) in [5.41, 5.74) is 4.49. The summed E-state index contributed by atoms with van der Waals surface area (Å²) >= 11 is 0. The van der Waals surface area contributed by atoms with Gasteiger partial charge in [-0.3, -0.25) is 4.79 Å². The van der Waals surface area contributed by atoms with Gasteiger partial charge in [-0.1, -0.05) is 42.5 Å². The molecular weight excluding hydrogens is 441 g/mol. The molecule has 0 aliphatic rings. The molecule has 0 fully saturated rings. The molecule has 33 heavy (non-hydrogen) atoms. The lowest BCUT2D eigenvalue weighted by Crippen LogP contribution is -2.25. The summed E-state index contributed by atoms with van der Waals surface area (Å²) in [5.74, 6) is -0.429. The van der Waals surface area contributed by atoms with Crippen LogP contribution in [0.1, 0.15) is 17.5 Å². The van der Waals surface area contributed by atoms with Crippen molar-refractivity contribution in [3.05, 3.63) is 89.7 Å². The summed E-state index contributed by atoms with van der Waals surface area (Å²) in [4.78, 5) is 15.9. The lowest BCUT2D eigenvalue weighted by Gasteiger charge is -2.08. The molecule has 4 aromatic rings. The molecule has 0 saturated heterocycles. The third-order valence-electron chi connectivity index (χ3n) is 5.52. The van der Waals surface area contributed by atoms with E-state index in [9.17, 15) is 17.6 Å². The molecule has 6 nitrogen and oxygen atoms in total. The molecule has 1 aromatic heterocycles. The number of aromatic amines is 1. The second kappa shape index (κ2) is 9.56. The maximum absolute atomic E-state index is 13.9. The SMILES string of the molecule is NS(=O)(=O)c1ccc(CCNC(=O)CCc2c(-c3ccccc3)[nH]c3ccc(F)cc23)cc1. The van der Waals surface area contributed by atoms with Gasteiger partial charge in [-0.25, -0.2) is 17.9 Å². The number of halogens is 1. The fourth-order valence-corrected chi connectivity index (χ4v) is 4.37. The Morgan fingerprint density at radius 1 is 0.970 bits per heavy atom. The third-order valence-corrected chi connectivity index (χ3v) is 6.45. The smallest absolute Gasteiger partial charge is 0.238 e. The molecular formula is C25H24FN3O3S. The number of nitrogens with one attached hydrogen (secondary N) is 2. The van der Waals surface area contributed by atoms with Gasteiger partial charge in [0, 0.05) is 29.6 Å². The van der Waals surface area contributed by atoms with Crippen molar-refractivity contribution < 1.29 is 17.6 Å². The maximum atomic E-state index is 13.9. The van der Waals surface area contributed by atoms with Crippen LogP contribution in [0.15, 0.2) is 77.7 Å². The van der Waals surface area contributed by atoms with E-state index in [1.807, 2.05) is 30.3 Å².